The van der Waals surface area contributed by atoms with Crippen molar-refractivity contribution >= 4 is 5.71 Å². The lowest BCUT2D eigenvalue weighted by Crippen LogP contribution is -2.06. The van der Waals surface area contributed by atoms with Gasteiger partial charge in [-0.15, -0.1) is 15.0 Å². The summed E-state index contributed by atoms with van der Waals surface area (Å²) >= 11 is 0. The Balaban J connectivity index is 1.74. The van der Waals surface area contributed by atoms with E-state index in [4.69, 9.17) is 0 Å². The van der Waals surface area contributed by atoms with Gasteiger partial charge in [0.2, 0.25) is 5.82 Å². The highest BCUT2D eigenvalue weighted by atomic mass is 19.1. The maximum Gasteiger partial charge on any atom is 0.219 e. The lowest BCUT2D eigenvalue weighted by molar-refractivity contribution is 0.477. The molecule has 4 rings (SSSR count). The van der Waals surface area contributed by atoms with Gasteiger partial charge in [0.1, 0.15) is 11.6 Å². The van der Waals surface area contributed by atoms with E-state index in [9.17, 15) is 9.50 Å². The van der Waals surface area contributed by atoms with E-state index < -0.39 is 5.82 Å². The van der Waals surface area contributed by atoms with E-state index in [0.717, 1.165) is 24.1 Å². The van der Waals surface area contributed by atoms with Crippen LogP contribution in [0.1, 0.15) is 24.2 Å². The van der Waals surface area contributed by atoms with Gasteiger partial charge in [0, 0.05) is 17.8 Å². The Bertz CT molecular complexity index is 1040. The van der Waals surface area contributed by atoms with Crippen molar-refractivity contribution in [1.29, 1.82) is 0 Å². The Labute approximate surface area is 149 Å². The van der Waals surface area contributed by atoms with Crippen molar-refractivity contribution in [2.45, 2.75) is 19.8 Å². The predicted octanol–water partition coefficient (Wildman–Crippen LogP) is 3.58. The summed E-state index contributed by atoms with van der Waals surface area (Å²) in [5.41, 5.74) is 3.18. The maximum absolute atomic E-state index is 14.2. The summed E-state index contributed by atoms with van der Waals surface area (Å²) in [6.07, 6.45) is 5.32. The summed E-state index contributed by atoms with van der Waals surface area (Å²) in [6, 6.07) is 9.65. The fourth-order valence-corrected chi connectivity index (χ4v) is 2.84. The molecule has 2 aromatic carbocycles. The summed E-state index contributed by atoms with van der Waals surface area (Å²) < 4.78 is 14.2. The number of aryl methyl sites for hydroxylation is 1. The molecule has 1 N–H and O–H groups in total. The summed E-state index contributed by atoms with van der Waals surface area (Å²) in [6.45, 7) is 1.88. The number of aliphatic imine (C=N–C) groups is 1. The normalized spacial score (nSPS) is 13.7. The summed E-state index contributed by atoms with van der Waals surface area (Å²) in [5.74, 6) is 0.0738. The molecule has 0 bridgehead atoms. The molecule has 26 heavy (non-hydrogen) atoms. The average molecular weight is 349 g/mol. The van der Waals surface area contributed by atoms with E-state index in [0.29, 0.717) is 22.6 Å². The second-order valence-electron chi connectivity index (χ2n) is 6.12. The SMILES string of the molecule is Cc1ccc(-c2cc(F)cc(-n3nnc(C4=NC=CCC4)n3)c2)c(O)c1. The molecule has 0 aliphatic carbocycles. The molecule has 0 atom stereocenters. The Morgan fingerprint density at radius 2 is 2.04 bits per heavy atom. The molecule has 6 nitrogen and oxygen atoms in total. The molecule has 1 aliphatic rings. The molecular formula is C19H16FN5O. The number of phenolic OH excluding ortho intramolecular Hbond substituents is 1. The molecule has 0 radical (unpaired) electrons. The van der Waals surface area contributed by atoms with Crippen molar-refractivity contribution in [3.05, 3.63) is 65.9 Å². The monoisotopic (exact) mass is 349 g/mol. The molecule has 0 unspecified atom stereocenters. The van der Waals surface area contributed by atoms with Gasteiger partial charge in [-0.2, -0.15) is 0 Å². The molecule has 0 amide bonds. The van der Waals surface area contributed by atoms with Gasteiger partial charge >= 0.3 is 0 Å². The number of hydrogen-bond donors (Lipinski definition) is 1. The van der Waals surface area contributed by atoms with Crippen LogP contribution in [0.3, 0.4) is 0 Å². The Morgan fingerprint density at radius 3 is 2.81 bits per heavy atom. The van der Waals surface area contributed by atoms with Crippen molar-refractivity contribution in [3.8, 4) is 22.6 Å². The number of phenols is 1. The average Bonchev–Trinajstić information content (AvgIpc) is 3.12. The van der Waals surface area contributed by atoms with Gasteiger partial charge < -0.3 is 5.11 Å². The third-order valence-corrected chi connectivity index (χ3v) is 4.13. The number of tetrazole rings is 1. The van der Waals surface area contributed by atoms with Gasteiger partial charge in [0.05, 0.1) is 11.4 Å². The second-order valence-corrected chi connectivity index (χ2v) is 6.12. The van der Waals surface area contributed by atoms with Crippen LogP contribution >= 0.6 is 0 Å². The van der Waals surface area contributed by atoms with Crippen molar-refractivity contribution in [3.63, 3.8) is 0 Å². The Morgan fingerprint density at radius 1 is 1.15 bits per heavy atom. The minimum atomic E-state index is -0.450. The number of allylic oxidation sites excluding steroid dienone is 1. The van der Waals surface area contributed by atoms with Crippen LogP contribution in [0.25, 0.3) is 16.8 Å². The highest BCUT2D eigenvalue weighted by Gasteiger charge is 2.14. The maximum atomic E-state index is 14.2. The lowest BCUT2D eigenvalue weighted by atomic mass is 10.0. The van der Waals surface area contributed by atoms with E-state index in [-0.39, 0.29) is 5.75 Å². The summed E-state index contributed by atoms with van der Waals surface area (Å²) in [7, 11) is 0. The van der Waals surface area contributed by atoms with Crippen LogP contribution in [0.5, 0.6) is 5.75 Å². The zero-order valence-corrected chi connectivity index (χ0v) is 14.1. The minimum Gasteiger partial charge on any atom is -0.507 e. The molecule has 130 valence electrons. The zero-order valence-electron chi connectivity index (χ0n) is 14.1. The van der Waals surface area contributed by atoms with Crippen LogP contribution in [0.4, 0.5) is 4.39 Å². The van der Waals surface area contributed by atoms with Gasteiger partial charge in [0.15, 0.2) is 0 Å². The van der Waals surface area contributed by atoms with Crippen molar-refractivity contribution in [1.82, 2.24) is 20.2 Å². The third-order valence-electron chi connectivity index (χ3n) is 4.13. The molecule has 3 aromatic rings. The molecule has 0 saturated carbocycles. The number of aromatic hydroxyl groups is 1. The number of rotatable bonds is 3. The van der Waals surface area contributed by atoms with Gasteiger partial charge in [0.25, 0.3) is 0 Å². The molecule has 2 heterocycles. The first-order valence-electron chi connectivity index (χ1n) is 8.23. The smallest absolute Gasteiger partial charge is 0.219 e. The molecule has 1 aliphatic heterocycles. The van der Waals surface area contributed by atoms with Crippen LogP contribution in [0.2, 0.25) is 0 Å². The standard InChI is InChI=1S/C19H16FN5O/c1-12-5-6-16(18(26)8-12)13-9-14(20)11-15(10-13)25-23-19(22-24-25)17-4-2-3-7-21-17/h3,5-11,26H,2,4H2,1H3. The first-order valence-corrected chi connectivity index (χ1v) is 8.23. The summed E-state index contributed by atoms with van der Waals surface area (Å²) in [5, 5.41) is 22.5. The lowest BCUT2D eigenvalue weighted by Gasteiger charge is -2.08. The van der Waals surface area contributed by atoms with E-state index in [1.54, 1.807) is 24.4 Å². The molecule has 1 aromatic heterocycles. The fourth-order valence-electron chi connectivity index (χ4n) is 2.84. The number of aromatic nitrogens is 4. The van der Waals surface area contributed by atoms with Crippen LogP contribution < -0.4 is 0 Å². The molecular weight excluding hydrogens is 333 g/mol. The topological polar surface area (TPSA) is 76.2 Å². The van der Waals surface area contributed by atoms with E-state index in [1.807, 2.05) is 19.1 Å². The van der Waals surface area contributed by atoms with Crippen LogP contribution in [-0.2, 0) is 0 Å². The van der Waals surface area contributed by atoms with E-state index in [2.05, 4.69) is 20.4 Å². The molecule has 0 spiro atoms. The quantitative estimate of drug-likeness (QED) is 0.784. The first-order chi connectivity index (χ1) is 12.6. The Hall–Kier alpha value is -3.35. The molecule has 0 saturated heterocycles. The zero-order chi connectivity index (χ0) is 18.1. The second kappa shape index (κ2) is 6.51. The van der Waals surface area contributed by atoms with E-state index >= 15 is 0 Å². The largest absolute Gasteiger partial charge is 0.507 e. The highest BCUT2D eigenvalue weighted by Crippen LogP contribution is 2.31. The van der Waals surface area contributed by atoms with Crippen LogP contribution in [0.15, 0.2) is 53.7 Å². The first kappa shape index (κ1) is 16.1. The fraction of sp³-hybridized carbons (Fsp3) is 0.158. The van der Waals surface area contributed by atoms with Crippen LogP contribution in [0, 0.1) is 12.7 Å². The number of hydrogen-bond acceptors (Lipinski definition) is 5. The van der Waals surface area contributed by atoms with Gasteiger partial charge in [-0.25, -0.2) is 4.39 Å². The minimum absolute atomic E-state index is 0.0946. The van der Waals surface area contributed by atoms with Crippen molar-refractivity contribution in [2.75, 3.05) is 0 Å². The van der Waals surface area contributed by atoms with Gasteiger partial charge in [-0.05, 0) is 54.3 Å². The predicted molar refractivity (Wildman–Crippen MR) is 95.9 cm³/mol. The highest BCUT2D eigenvalue weighted by molar-refractivity contribution is 5.98. The van der Waals surface area contributed by atoms with Gasteiger partial charge in [-0.1, -0.05) is 18.2 Å². The van der Waals surface area contributed by atoms with Gasteiger partial charge in [-0.3, -0.25) is 4.99 Å². The molecule has 0 fully saturated rings. The number of nitrogens with zero attached hydrogens (tertiary/aromatic N) is 5. The van der Waals surface area contributed by atoms with Crippen LogP contribution in [-0.4, -0.2) is 31.0 Å². The summed E-state index contributed by atoms with van der Waals surface area (Å²) in [4.78, 5) is 5.53. The van der Waals surface area contributed by atoms with Crippen molar-refractivity contribution in [2.24, 2.45) is 4.99 Å². The van der Waals surface area contributed by atoms with Crippen molar-refractivity contribution < 1.29 is 9.50 Å². The number of benzene rings is 2. The number of halogens is 1. The van der Waals surface area contributed by atoms with E-state index in [1.165, 1.54) is 16.9 Å². The molecule has 7 heteroatoms. The Kier molecular flexibility index (Phi) is 4.04. The third kappa shape index (κ3) is 3.11.